The highest BCUT2D eigenvalue weighted by atomic mass is 16.5. The lowest BCUT2D eigenvalue weighted by atomic mass is 9.89. The van der Waals surface area contributed by atoms with Crippen LogP contribution in [0.25, 0.3) is 0 Å². The van der Waals surface area contributed by atoms with Crippen molar-refractivity contribution in [2.75, 3.05) is 42.7 Å². The van der Waals surface area contributed by atoms with Gasteiger partial charge in [0, 0.05) is 43.8 Å². The monoisotopic (exact) mass is 353 g/mol. The second kappa shape index (κ2) is 7.50. The number of ether oxygens (including phenoxy) is 1. The van der Waals surface area contributed by atoms with Crippen LogP contribution >= 0.6 is 0 Å². The number of hydrogen-bond donors (Lipinski definition) is 2. The van der Waals surface area contributed by atoms with Crippen LogP contribution in [0.1, 0.15) is 48.6 Å². The average Bonchev–Trinajstić information content (AvgIpc) is 2.69. The summed E-state index contributed by atoms with van der Waals surface area (Å²) in [6.07, 6.45) is 6.16. The largest absolute Gasteiger partial charge is 0.383 e. The molecule has 0 unspecified atom stereocenters. The van der Waals surface area contributed by atoms with E-state index in [1.165, 1.54) is 11.3 Å². The van der Waals surface area contributed by atoms with E-state index in [0.717, 1.165) is 57.6 Å². The van der Waals surface area contributed by atoms with Crippen molar-refractivity contribution in [2.45, 2.75) is 37.5 Å². The highest BCUT2D eigenvalue weighted by Crippen LogP contribution is 2.34. The Balaban J connectivity index is 1.43. The van der Waals surface area contributed by atoms with Gasteiger partial charge >= 0.3 is 0 Å². The number of anilines is 3. The highest BCUT2D eigenvalue weighted by molar-refractivity contribution is 5.51. The fourth-order valence-corrected chi connectivity index (χ4v) is 4.19. The van der Waals surface area contributed by atoms with E-state index in [9.17, 15) is 0 Å². The van der Waals surface area contributed by atoms with Crippen molar-refractivity contribution in [3.05, 3.63) is 41.6 Å². The molecular formula is C20H27N5O. The van der Waals surface area contributed by atoms with Crippen molar-refractivity contribution < 1.29 is 4.74 Å². The van der Waals surface area contributed by atoms with Crippen LogP contribution in [-0.4, -0.2) is 36.3 Å². The summed E-state index contributed by atoms with van der Waals surface area (Å²) in [6.45, 7) is 3.80. The van der Waals surface area contributed by atoms with Gasteiger partial charge in [0.2, 0.25) is 5.95 Å². The predicted octanol–water partition coefficient (Wildman–Crippen LogP) is 2.92. The molecule has 3 heterocycles. The summed E-state index contributed by atoms with van der Waals surface area (Å²) in [5.74, 6) is 1.81. The summed E-state index contributed by atoms with van der Waals surface area (Å²) in [6, 6.07) is 9.05. The minimum Gasteiger partial charge on any atom is -0.383 e. The standard InChI is InChI=1S/C20H27N5O/c21-19-18(13-23-20(22)24-19)15-4-8-25(9-5-15)17-3-1-2-16(12-17)14-6-10-26-11-7-14/h1-3,12-15H,4-11H2,(H4,21,22,23,24). The van der Waals surface area contributed by atoms with Crippen LogP contribution in [0, 0.1) is 0 Å². The zero-order valence-electron chi connectivity index (χ0n) is 15.1. The Bertz CT molecular complexity index is 752. The number of nitrogens with two attached hydrogens (primary N) is 2. The summed E-state index contributed by atoms with van der Waals surface area (Å²) in [5, 5.41) is 0. The van der Waals surface area contributed by atoms with E-state index in [0.29, 0.717) is 17.7 Å². The lowest BCUT2D eigenvalue weighted by molar-refractivity contribution is 0.0853. The Kier molecular flexibility index (Phi) is 4.93. The van der Waals surface area contributed by atoms with E-state index in [-0.39, 0.29) is 5.95 Å². The van der Waals surface area contributed by atoms with Gasteiger partial charge in [-0.05, 0) is 55.2 Å². The van der Waals surface area contributed by atoms with Gasteiger partial charge in [0.25, 0.3) is 0 Å². The molecule has 1 aromatic carbocycles. The molecule has 0 saturated carbocycles. The summed E-state index contributed by atoms with van der Waals surface area (Å²) in [4.78, 5) is 10.7. The van der Waals surface area contributed by atoms with Gasteiger partial charge < -0.3 is 21.1 Å². The molecule has 0 radical (unpaired) electrons. The van der Waals surface area contributed by atoms with Gasteiger partial charge in [-0.1, -0.05) is 12.1 Å². The van der Waals surface area contributed by atoms with E-state index < -0.39 is 0 Å². The maximum Gasteiger partial charge on any atom is 0.221 e. The SMILES string of the molecule is Nc1ncc(C2CCN(c3cccc(C4CCOCC4)c3)CC2)c(N)n1. The molecule has 0 bridgehead atoms. The average molecular weight is 353 g/mol. The maximum atomic E-state index is 6.05. The smallest absolute Gasteiger partial charge is 0.221 e. The second-order valence-corrected chi connectivity index (χ2v) is 7.31. The van der Waals surface area contributed by atoms with Gasteiger partial charge in [-0.25, -0.2) is 4.98 Å². The van der Waals surface area contributed by atoms with E-state index in [2.05, 4.69) is 39.1 Å². The van der Waals surface area contributed by atoms with Gasteiger partial charge in [0.1, 0.15) is 5.82 Å². The molecule has 6 nitrogen and oxygen atoms in total. The van der Waals surface area contributed by atoms with E-state index in [4.69, 9.17) is 16.2 Å². The van der Waals surface area contributed by atoms with Crippen molar-refractivity contribution in [1.82, 2.24) is 9.97 Å². The topological polar surface area (TPSA) is 90.3 Å². The fourth-order valence-electron chi connectivity index (χ4n) is 4.19. The van der Waals surface area contributed by atoms with Gasteiger partial charge in [-0.2, -0.15) is 4.98 Å². The molecule has 2 aromatic rings. The summed E-state index contributed by atoms with van der Waals surface area (Å²) >= 11 is 0. The normalized spacial score (nSPS) is 19.6. The van der Waals surface area contributed by atoms with Crippen LogP contribution in [0.3, 0.4) is 0 Å². The molecule has 0 atom stereocenters. The number of hydrogen-bond acceptors (Lipinski definition) is 6. The van der Waals surface area contributed by atoms with Gasteiger partial charge in [0.15, 0.2) is 0 Å². The first-order valence-corrected chi connectivity index (χ1v) is 9.51. The molecule has 1 aromatic heterocycles. The quantitative estimate of drug-likeness (QED) is 0.882. The third-order valence-corrected chi connectivity index (χ3v) is 5.73. The Morgan fingerprint density at radius 1 is 1.00 bits per heavy atom. The van der Waals surface area contributed by atoms with Crippen molar-refractivity contribution in [3.63, 3.8) is 0 Å². The molecule has 0 aliphatic carbocycles. The molecular weight excluding hydrogens is 326 g/mol. The number of aromatic nitrogens is 2. The first kappa shape index (κ1) is 17.1. The summed E-state index contributed by atoms with van der Waals surface area (Å²) in [7, 11) is 0. The molecule has 2 saturated heterocycles. The van der Waals surface area contributed by atoms with Gasteiger partial charge in [0.05, 0.1) is 0 Å². The summed E-state index contributed by atoms with van der Waals surface area (Å²) < 4.78 is 5.50. The highest BCUT2D eigenvalue weighted by Gasteiger charge is 2.24. The van der Waals surface area contributed by atoms with Crippen LogP contribution in [-0.2, 0) is 4.74 Å². The van der Waals surface area contributed by atoms with Crippen LogP contribution in [0.5, 0.6) is 0 Å². The minimum atomic E-state index is 0.244. The molecule has 4 rings (SSSR count). The zero-order chi connectivity index (χ0) is 17.9. The maximum absolute atomic E-state index is 6.05. The van der Waals surface area contributed by atoms with Crippen molar-refractivity contribution in [1.29, 1.82) is 0 Å². The van der Waals surface area contributed by atoms with E-state index >= 15 is 0 Å². The number of nitrogen functional groups attached to an aromatic ring is 2. The third-order valence-electron chi connectivity index (χ3n) is 5.73. The number of nitrogens with zero attached hydrogens (tertiary/aromatic N) is 3. The number of piperidine rings is 1. The Hall–Kier alpha value is -2.34. The minimum absolute atomic E-state index is 0.244. The molecule has 2 aliphatic rings. The van der Waals surface area contributed by atoms with Crippen LogP contribution in [0.15, 0.2) is 30.5 Å². The van der Waals surface area contributed by atoms with Crippen molar-refractivity contribution in [3.8, 4) is 0 Å². The van der Waals surface area contributed by atoms with Crippen LogP contribution < -0.4 is 16.4 Å². The molecule has 2 fully saturated rings. The molecule has 138 valence electrons. The molecule has 0 spiro atoms. The van der Waals surface area contributed by atoms with E-state index in [1.54, 1.807) is 6.20 Å². The van der Waals surface area contributed by atoms with Crippen molar-refractivity contribution >= 4 is 17.5 Å². The fraction of sp³-hybridized carbons (Fsp3) is 0.500. The van der Waals surface area contributed by atoms with Gasteiger partial charge in [-0.15, -0.1) is 0 Å². The molecule has 4 N–H and O–H groups in total. The summed E-state index contributed by atoms with van der Waals surface area (Å²) in [5.41, 5.74) is 15.5. The second-order valence-electron chi connectivity index (χ2n) is 7.31. The first-order chi connectivity index (χ1) is 12.7. The molecule has 26 heavy (non-hydrogen) atoms. The predicted molar refractivity (Wildman–Crippen MR) is 104 cm³/mol. The number of rotatable bonds is 3. The van der Waals surface area contributed by atoms with Crippen LogP contribution in [0.2, 0.25) is 0 Å². The Morgan fingerprint density at radius 3 is 2.50 bits per heavy atom. The zero-order valence-corrected chi connectivity index (χ0v) is 15.1. The first-order valence-electron chi connectivity index (χ1n) is 9.51. The van der Waals surface area contributed by atoms with Crippen molar-refractivity contribution in [2.24, 2.45) is 0 Å². The molecule has 2 aliphatic heterocycles. The third kappa shape index (κ3) is 3.60. The number of benzene rings is 1. The van der Waals surface area contributed by atoms with E-state index in [1.807, 2.05) is 0 Å². The Labute approximate surface area is 154 Å². The van der Waals surface area contributed by atoms with Gasteiger partial charge in [-0.3, -0.25) is 0 Å². The molecule has 0 amide bonds. The molecule has 6 heteroatoms. The lowest BCUT2D eigenvalue weighted by Crippen LogP contribution is -2.33. The van der Waals surface area contributed by atoms with Crippen LogP contribution in [0.4, 0.5) is 17.5 Å². The Morgan fingerprint density at radius 2 is 1.77 bits per heavy atom. The lowest BCUT2D eigenvalue weighted by Gasteiger charge is -2.34.